The molecule has 4 aromatic carbocycles. The first-order chi connectivity index (χ1) is 21.8. The number of para-hydroxylation sites is 1. The van der Waals surface area contributed by atoms with Gasteiger partial charge in [0.2, 0.25) is 0 Å². The van der Waals surface area contributed by atoms with Gasteiger partial charge in [0.1, 0.15) is 5.82 Å². The van der Waals surface area contributed by atoms with Crippen LogP contribution in [0.4, 0.5) is 5.69 Å². The van der Waals surface area contributed by atoms with E-state index in [4.69, 9.17) is 9.72 Å². The smallest absolute Gasteiger partial charge is 0.254 e. The van der Waals surface area contributed by atoms with Crippen LogP contribution in [-0.2, 0) is 26.5 Å². The van der Waals surface area contributed by atoms with E-state index < -0.39 is 0 Å². The van der Waals surface area contributed by atoms with Crippen molar-refractivity contribution in [2.75, 3.05) is 19.0 Å². The molecule has 0 bridgehead atoms. The first-order valence-electron chi connectivity index (χ1n) is 15.3. The molecule has 0 fully saturated rings. The SMILES string of the molecule is CN1C=C2N(C)B(c3ccccc3)c3ccc(Oc4[c-]c5c(cc4)c4ccccc4n5-c4cc(C(C)(C)C)ccn4)[c-]c3N2[CH-]1.[Pt]. The van der Waals surface area contributed by atoms with Crippen LogP contribution in [0.25, 0.3) is 27.6 Å². The number of benzene rings is 4. The predicted octanol–water partition coefficient (Wildman–Crippen LogP) is 6.59. The summed E-state index contributed by atoms with van der Waals surface area (Å²) in [5.41, 5.74) is 6.62. The number of hydrogen-bond donors (Lipinski definition) is 0. The Morgan fingerprint density at radius 2 is 1.57 bits per heavy atom. The van der Waals surface area contributed by atoms with Crippen LogP contribution >= 0.6 is 0 Å². The number of anilines is 1. The van der Waals surface area contributed by atoms with E-state index >= 15 is 0 Å². The van der Waals surface area contributed by atoms with E-state index in [2.05, 4.69) is 151 Å². The van der Waals surface area contributed by atoms with E-state index in [1.54, 1.807) is 0 Å². The number of ether oxygens (including phenoxy) is 1. The largest absolute Gasteiger partial charge is 0.509 e. The molecule has 0 radical (unpaired) electrons. The molecule has 0 saturated heterocycles. The minimum atomic E-state index is 0. The third-order valence-corrected chi connectivity index (χ3v) is 8.81. The van der Waals surface area contributed by atoms with Gasteiger partial charge in [0.05, 0.1) is 5.82 Å². The molecule has 8 rings (SSSR count). The van der Waals surface area contributed by atoms with Gasteiger partial charge >= 0.3 is 0 Å². The number of pyridine rings is 1. The molecule has 46 heavy (non-hydrogen) atoms. The van der Waals surface area contributed by atoms with Crippen molar-refractivity contribution < 1.29 is 25.8 Å². The molecule has 8 heteroatoms. The summed E-state index contributed by atoms with van der Waals surface area (Å²) >= 11 is 0. The molecule has 232 valence electrons. The third kappa shape index (κ3) is 4.98. The maximum absolute atomic E-state index is 6.53. The van der Waals surface area contributed by atoms with Crippen LogP contribution in [0.15, 0.2) is 109 Å². The first-order valence-corrected chi connectivity index (χ1v) is 15.3. The van der Waals surface area contributed by atoms with Crippen molar-refractivity contribution in [2.24, 2.45) is 0 Å². The number of aromatic nitrogens is 2. The van der Waals surface area contributed by atoms with E-state index in [-0.39, 0.29) is 33.3 Å². The van der Waals surface area contributed by atoms with E-state index in [0.717, 1.165) is 39.1 Å². The van der Waals surface area contributed by atoms with Gasteiger partial charge in [-0.1, -0.05) is 80.3 Å². The van der Waals surface area contributed by atoms with Crippen LogP contribution in [0, 0.1) is 18.8 Å². The van der Waals surface area contributed by atoms with Gasteiger partial charge in [-0.05, 0) is 48.7 Å². The Morgan fingerprint density at radius 3 is 2.37 bits per heavy atom. The second-order valence-electron chi connectivity index (χ2n) is 12.9. The van der Waals surface area contributed by atoms with Crippen molar-refractivity contribution in [3.8, 4) is 17.3 Å². The molecule has 0 atom stereocenters. The molecular formula is C38H33BN5OPt-3. The minimum absolute atomic E-state index is 0. The van der Waals surface area contributed by atoms with Crippen LogP contribution in [0.1, 0.15) is 26.3 Å². The van der Waals surface area contributed by atoms with Crippen LogP contribution in [0.3, 0.4) is 0 Å². The molecule has 2 aromatic heterocycles. The van der Waals surface area contributed by atoms with E-state index in [1.165, 1.54) is 16.5 Å². The summed E-state index contributed by atoms with van der Waals surface area (Å²) in [6.07, 6.45) is 4.04. The van der Waals surface area contributed by atoms with Crippen molar-refractivity contribution in [1.29, 1.82) is 0 Å². The van der Waals surface area contributed by atoms with E-state index in [9.17, 15) is 0 Å². The number of hydrogen-bond acceptors (Lipinski definition) is 5. The molecule has 0 saturated carbocycles. The number of nitrogens with zero attached hydrogens (tertiary/aromatic N) is 5. The molecule has 2 aliphatic heterocycles. The van der Waals surface area contributed by atoms with Crippen molar-refractivity contribution in [1.82, 2.24) is 19.3 Å². The zero-order valence-corrected chi connectivity index (χ0v) is 28.7. The fourth-order valence-corrected chi connectivity index (χ4v) is 6.58. The zero-order chi connectivity index (χ0) is 30.9. The standard InChI is InChI=1S/C38H33BN5O.Pt/c1-38(2,3)26-19-20-40-36(21-26)44-33-14-10-9-13-30(33)31-17-15-28(22-34(31)44)45-29-16-18-32-35(23-29)43-25-41(4)24-37(43)42(5)39(32)27-11-7-6-8-12-27;/h6-21,24-25H,1-5H3;/q-3;. The Labute approximate surface area is 285 Å². The maximum atomic E-state index is 6.53. The normalized spacial score (nSPS) is 14.3. The third-order valence-electron chi connectivity index (χ3n) is 8.81. The van der Waals surface area contributed by atoms with Gasteiger partial charge in [0.25, 0.3) is 6.85 Å². The van der Waals surface area contributed by atoms with Crippen LogP contribution in [0.2, 0.25) is 0 Å². The van der Waals surface area contributed by atoms with Gasteiger partial charge in [0.15, 0.2) is 0 Å². The fourth-order valence-electron chi connectivity index (χ4n) is 6.58. The van der Waals surface area contributed by atoms with Crippen molar-refractivity contribution in [3.63, 3.8) is 0 Å². The van der Waals surface area contributed by atoms with E-state index in [0.29, 0.717) is 11.5 Å². The van der Waals surface area contributed by atoms with Gasteiger partial charge in [0, 0.05) is 50.5 Å². The van der Waals surface area contributed by atoms with Crippen molar-refractivity contribution >= 4 is 45.3 Å². The topological polar surface area (TPSA) is 36.8 Å². The molecule has 2 aliphatic rings. The molecular weight excluding hydrogens is 748 g/mol. The molecule has 0 spiro atoms. The molecule has 0 unspecified atom stereocenters. The summed E-state index contributed by atoms with van der Waals surface area (Å²) < 4.78 is 8.72. The van der Waals surface area contributed by atoms with E-state index in [1.807, 2.05) is 25.4 Å². The molecule has 0 N–H and O–H groups in total. The first kappa shape index (κ1) is 30.2. The number of rotatable bonds is 4. The Bertz CT molecular complexity index is 2120. The quantitative estimate of drug-likeness (QED) is 0.149. The van der Waals surface area contributed by atoms with Gasteiger partial charge < -0.3 is 23.9 Å². The summed E-state index contributed by atoms with van der Waals surface area (Å²) in [4.78, 5) is 11.4. The van der Waals surface area contributed by atoms with Gasteiger partial charge in [-0.2, -0.15) is 18.8 Å². The van der Waals surface area contributed by atoms with Gasteiger partial charge in [-0.3, -0.25) is 0 Å². The second-order valence-corrected chi connectivity index (χ2v) is 12.9. The summed E-state index contributed by atoms with van der Waals surface area (Å²) in [5.74, 6) is 3.22. The van der Waals surface area contributed by atoms with Gasteiger partial charge in [-0.15, -0.1) is 40.8 Å². The average Bonchev–Trinajstić information content (AvgIpc) is 3.59. The molecule has 0 aliphatic carbocycles. The Hall–Kier alpha value is -4.48. The molecule has 4 heterocycles. The summed E-state index contributed by atoms with van der Waals surface area (Å²) in [5, 5.41) is 2.26. The average molecular weight is 782 g/mol. The molecule has 6 nitrogen and oxygen atoms in total. The fraction of sp³-hybridized carbons (Fsp3) is 0.158. The Morgan fingerprint density at radius 1 is 0.826 bits per heavy atom. The summed E-state index contributed by atoms with van der Waals surface area (Å²) in [6.45, 7) is 8.82. The predicted molar refractivity (Wildman–Crippen MR) is 183 cm³/mol. The van der Waals surface area contributed by atoms with Crippen molar-refractivity contribution in [3.05, 3.63) is 134 Å². The monoisotopic (exact) mass is 781 g/mol. The maximum Gasteiger partial charge on any atom is 0.254 e. The van der Waals surface area contributed by atoms with Crippen LogP contribution < -0.4 is 20.6 Å². The Balaban J connectivity index is 0.00000338. The van der Waals surface area contributed by atoms with Gasteiger partial charge in [-0.25, -0.2) is 4.98 Å². The second kappa shape index (κ2) is 11.4. The van der Waals surface area contributed by atoms with Crippen LogP contribution in [0.5, 0.6) is 11.5 Å². The summed E-state index contributed by atoms with van der Waals surface area (Å²) in [7, 11) is 4.19. The molecule has 6 aromatic rings. The number of fused-ring (bicyclic) bond motifs is 6. The van der Waals surface area contributed by atoms with Crippen LogP contribution in [-0.4, -0.2) is 40.2 Å². The zero-order valence-electron chi connectivity index (χ0n) is 26.4. The summed E-state index contributed by atoms with van der Waals surface area (Å²) in [6, 6.07) is 38.8. The minimum Gasteiger partial charge on any atom is -0.509 e. The Kier molecular flexibility index (Phi) is 7.48. The molecule has 0 amide bonds. The van der Waals surface area contributed by atoms with Crippen molar-refractivity contribution in [2.45, 2.75) is 26.2 Å².